The average molecular weight is 475 g/mol. The molecule has 2 heterocycles. The fourth-order valence-electron chi connectivity index (χ4n) is 3.40. The van der Waals surface area contributed by atoms with Crippen molar-refractivity contribution in [3.8, 4) is 22.8 Å². The number of aromatic amines is 1. The maximum atomic E-state index is 12.4. The zero-order valence-electron chi connectivity index (χ0n) is 20.0. The quantitative estimate of drug-likeness (QED) is 0.404. The first-order valence-electron chi connectivity index (χ1n) is 11.1. The monoisotopic (exact) mass is 474 g/mol. The SMILES string of the molecule is CCOC(=O)c1cnc(-c2ccc(OCc3ccc(C(C)(C)C)cc3)c(-n3cnnn3)c2)[nH]c1=O. The first-order valence-corrected chi connectivity index (χ1v) is 11.1. The number of hydrogen-bond donors (Lipinski definition) is 1. The number of hydrogen-bond acceptors (Lipinski definition) is 8. The Balaban J connectivity index is 1.61. The number of nitrogens with one attached hydrogen (secondary N) is 1. The highest BCUT2D eigenvalue weighted by Crippen LogP contribution is 2.28. The molecule has 10 heteroatoms. The lowest BCUT2D eigenvalue weighted by atomic mass is 9.87. The van der Waals surface area contributed by atoms with E-state index >= 15 is 0 Å². The molecule has 0 aliphatic heterocycles. The van der Waals surface area contributed by atoms with Gasteiger partial charge < -0.3 is 14.5 Å². The van der Waals surface area contributed by atoms with Crippen LogP contribution >= 0.6 is 0 Å². The molecule has 0 saturated heterocycles. The van der Waals surface area contributed by atoms with Crippen molar-refractivity contribution in [1.82, 2.24) is 30.2 Å². The van der Waals surface area contributed by atoms with Gasteiger partial charge in [-0.05, 0) is 52.1 Å². The van der Waals surface area contributed by atoms with E-state index in [0.717, 1.165) is 5.56 Å². The van der Waals surface area contributed by atoms with Crippen molar-refractivity contribution in [2.75, 3.05) is 6.61 Å². The summed E-state index contributed by atoms with van der Waals surface area (Å²) in [6.07, 6.45) is 2.65. The van der Waals surface area contributed by atoms with Gasteiger partial charge in [-0.2, -0.15) is 4.68 Å². The van der Waals surface area contributed by atoms with Crippen LogP contribution in [0, 0.1) is 0 Å². The maximum absolute atomic E-state index is 12.4. The summed E-state index contributed by atoms with van der Waals surface area (Å²) in [7, 11) is 0. The standard InChI is InChI=1S/C25H26N6O4/c1-5-34-24(33)19-13-26-22(28-23(19)32)17-8-11-21(20(12-17)31-15-27-29-30-31)35-14-16-6-9-18(10-7-16)25(2,3)4/h6-13,15H,5,14H2,1-4H3,(H,26,28,32). The predicted molar refractivity (Wildman–Crippen MR) is 128 cm³/mol. The second-order valence-corrected chi connectivity index (χ2v) is 8.87. The van der Waals surface area contributed by atoms with Gasteiger partial charge in [0.05, 0.1) is 6.61 Å². The van der Waals surface area contributed by atoms with Crippen LogP contribution in [0.5, 0.6) is 5.75 Å². The molecule has 0 amide bonds. The Kier molecular flexibility index (Phi) is 6.72. The molecular weight excluding hydrogens is 448 g/mol. The third-order valence-corrected chi connectivity index (χ3v) is 5.34. The third kappa shape index (κ3) is 5.43. The number of ether oxygens (including phenoxy) is 2. The van der Waals surface area contributed by atoms with E-state index < -0.39 is 11.5 Å². The summed E-state index contributed by atoms with van der Waals surface area (Å²) in [4.78, 5) is 31.2. The van der Waals surface area contributed by atoms with Gasteiger partial charge >= 0.3 is 5.97 Å². The summed E-state index contributed by atoms with van der Waals surface area (Å²) in [5, 5.41) is 11.4. The molecule has 10 nitrogen and oxygen atoms in total. The van der Waals surface area contributed by atoms with Crippen molar-refractivity contribution in [2.24, 2.45) is 0 Å². The number of aromatic nitrogens is 6. The predicted octanol–water partition coefficient (Wildman–Crippen LogP) is 3.47. The van der Waals surface area contributed by atoms with Gasteiger partial charge in [-0.1, -0.05) is 45.0 Å². The van der Waals surface area contributed by atoms with E-state index in [4.69, 9.17) is 9.47 Å². The van der Waals surface area contributed by atoms with E-state index in [0.29, 0.717) is 23.6 Å². The average Bonchev–Trinajstić information content (AvgIpc) is 3.37. The molecule has 0 bridgehead atoms. The molecule has 180 valence electrons. The normalized spacial score (nSPS) is 11.3. The van der Waals surface area contributed by atoms with Gasteiger partial charge in [-0.15, -0.1) is 5.10 Å². The Hall–Kier alpha value is -4.34. The summed E-state index contributed by atoms with van der Waals surface area (Å²) in [5.41, 5.74) is 2.75. The minimum atomic E-state index is -0.721. The molecular formula is C25H26N6O4. The van der Waals surface area contributed by atoms with Gasteiger partial charge in [0, 0.05) is 11.8 Å². The lowest BCUT2D eigenvalue weighted by Crippen LogP contribution is -2.21. The van der Waals surface area contributed by atoms with E-state index in [1.807, 2.05) is 12.1 Å². The molecule has 4 aromatic rings. The summed E-state index contributed by atoms with van der Waals surface area (Å²) in [6, 6.07) is 13.6. The molecule has 0 unspecified atom stereocenters. The van der Waals surface area contributed by atoms with Crippen LogP contribution in [0.1, 0.15) is 49.2 Å². The largest absolute Gasteiger partial charge is 0.487 e. The van der Waals surface area contributed by atoms with E-state index in [2.05, 4.69) is 58.4 Å². The third-order valence-electron chi connectivity index (χ3n) is 5.34. The van der Waals surface area contributed by atoms with Gasteiger partial charge in [0.25, 0.3) is 5.56 Å². The molecule has 2 aromatic carbocycles. The molecule has 1 N–H and O–H groups in total. The topological polar surface area (TPSA) is 125 Å². The van der Waals surface area contributed by atoms with Crippen molar-refractivity contribution in [3.63, 3.8) is 0 Å². The molecule has 0 spiro atoms. The molecule has 0 fully saturated rings. The van der Waals surface area contributed by atoms with E-state index in [9.17, 15) is 9.59 Å². The highest BCUT2D eigenvalue weighted by molar-refractivity contribution is 5.88. The summed E-state index contributed by atoms with van der Waals surface area (Å²) >= 11 is 0. The number of tetrazole rings is 1. The van der Waals surface area contributed by atoms with Gasteiger partial charge in [-0.3, -0.25) is 4.79 Å². The van der Waals surface area contributed by atoms with E-state index in [-0.39, 0.29) is 23.4 Å². The zero-order chi connectivity index (χ0) is 25.0. The Bertz CT molecular complexity index is 1370. The van der Waals surface area contributed by atoms with Gasteiger partial charge in [-0.25, -0.2) is 9.78 Å². The maximum Gasteiger partial charge on any atom is 0.345 e. The number of carbonyl (C=O) groups excluding carboxylic acids is 1. The lowest BCUT2D eigenvalue weighted by Gasteiger charge is -2.19. The Morgan fingerprint density at radius 1 is 1.11 bits per heavy atom. The smallest absolute Gasteiger partial charge is 0.345 e. The summed E-state index contributed by atoms with van der Waals surface area (Å²) in [5.74, 6) is 0.106. The van der Waals surface area contributed by atoms with Crippen LogP contribution in [0.15, 0.2) is 59.8 Å². The van der Waals surface area contributed by atoms with Crippen LogP contribution in [-0.4, -0.2) is 42.8 Å². The molecule has 0 saturated carbocycles. The number of nitrogens with zero attached hydrogens (tertiary/aromatic N) is 5. The van der Waals surface area contributed by atoms with Crippen molar-refractivity contribution >= 4 is 5.97 Å². The minimum absolute atomic E-state index is 0.0754. The highest BCUT2D eigenvalue weighted by atomic mass is 16.5. The molecule has 0 aliphatic carbocycles. The van der Waals surface area contributed by atoms with Crippen LogP contribution in [0.3, 0.4) is 0 Å². The number of H-pyrrole nitrogens is 1. The first-order chi connectivity index (χ1) is 16.8. The molecule has 0 atom stereocenters. The highest BCUT2D eigenvalue weighted by Gasteiger charge is 2.16. The van der Waals surface area contributed by atoms with Gasteiger partial charge in [0.1, 0.15) is 35.8 Å². The van der Waals surface area contributed by atoms with Gasteiger partial charge in [0.15, 0.2) is 0 Å². The zero-order valence-corrected chi connectivity index (χ0v) is 20.0. The molecule has 0 aliphatic rings. The van der Waals surface area contributed by atoms with Crippen LogP contribution in [0.4, 0.5) is 0 Å². The molecule has 0 radical (unpaired) electrons. The Labute approximate surface area is 201 Å². The van der Waals surface area contributed by atoms with Crippen molar-refractivity contribution in [3.05, 3.63) is 82.0 Å². The van der Waals surface area contributed by atoms with Crippen LogP contribution < -0.4 is 10.3 Å². The Morgan fingerprint density at radius 3 is 2.51 bits per heavy atom. The number of benzene rings is 2. The lowest BCUT2D eigenvalue weighted by molar-refractivity contribution is 0.0523. The van der Waals surface area contributed by atoms with Crippen molar-refractivity contribution < 1.29 is 14.3 Å². The molecule has 4 rings (SSSR count). The van der Waals surface area contributed by atoms with Crippen molar-refractivity contribution in [1.29, 1.82) is 0 Å². The van der Waals surface area contributed by atoms with E-state index in [1.165, 1.54) is 22.8 Å². The number of esters is 1. The summed E-state index contributed by atoms with van der Waals surface area (Å²) in [6.45, 7) is 8.69. The van der Waals surface area contributed by atoms with Crippen LogP contribution in [0.25, 0.3) is 17.1 Å². The summed E-state index contributed by atoms with van der Waals surface area (Å²) < 4.78 is 12.4. The molecule has 35 heavy (non-hydrogen) atoms. The minimum Gasteiger partial charge on any atom is -0.487 e. The molecule has 2 aromatic heterocycles. The van der Waals surface area contributed by atoms with E-state index in [1.54, 1.807) is 25.1 Å². The fraction of sp³-hybridized carbons (Fsp3) is 0.280. The second-order valence-electron chi connectivity index (χ2n) is 8.87. The van der Waals surface area contributed by atoms with Gasteiger partial charge in [0.2, 0.25) is 0 Å². The van der Waals surface area contributed by atoms with Crippen molar-refractivity contribution in [2.45, 2.75) is 39.7 Å². The number of carbonyl (C=O) groups is 1. The second kappa shape index (κ2) is 9.88. The number of rotatable bonds is 7. The first kappa shape index (κ1) is 23.8. The Morgan fingerprint density at radius 2 is 1.89 bits per heavy atom. The van der Waals surface area contributed by atoms with Crippen LogP contribution in [0.2, 0.25) is 0 Å². The fourth-order valence-corrected chi connectivity index (χ4v) is 3.40. The van der Waals surface area contributed by atoms with Crippen LogP contribution in [-0.2, 0) is 16.8 Å².